The second-order valence-corrected chi connectivity index (χ2v) is 4.33. The van der Waals surface area contributed by atoms with E-state index in [4.69, 9.17) is 18.0 Å². The van der Waals surface area contributed by atoms with Gasteiger partial charge in [0.15, 0.2) is 0 Å². The number of nitrogens with two attached hydrogens (primary N) is 1. The first-order chi connectivity index (χ1) is 8.58. The highest BCUT2D eigenvalue weighted by Gasteiger charge is 2.12. The number of hydrogen-bond acceptors (Lipinski definition) is 4. The SMILES string of the molecule is CC(NC(=O)c1ccc2nccnc2c1)C(N)=S. The van der Waals surface area contributed by atoms with E-state index in [1.165, 1.54) is 0 Å². The molecule has 3 N–H and O–H groups in total. The van der Waals surface area contributed by atoms with E-state index >= 15 is 0 Å². The number of aromatic nitrogens is 2. The fraction of sp³-hybridized carbons (Fsp3) is 0.167. The van der Waals surface area contributed by atoms with Gasteiger partial charge in [-0.2, -0.15) is 0 Å². The van der Waals surface area contributed by atoms with Crippen molar-refractivity contribution >= 4 is 34.1 Å². The van der Waals surface area contributed by atoms with Crippen molar-refractivity contribution in [3.63, 3.8) is 0 Å². The monoisotopic (exact) mass is 260 g/mol. The van der Waals surface area contributed by atoms with Crippen LogP contribution in [0.15, 0.2) is 30.6 Å². The molecular weight excluding hydrogens is 248 g/mol. The molecule has 0 aliphatic carbocycles. The maximum atomic E-state index is 11.9. The van der Waals surface area contributed by atoms with Gasteiger partial charge in [0, 0.05) is 18.0 Å². The number of fused-ring (bicyclic) bond motifs is 1. The number of nitrogens with zero attached hydrogens (tertiary/aromatic N) is 2. The summed E-state index contributed by atoms with van der Waals surface area (Å²) in [5.74, 6) is -0.233. The zero-order valence-electron chi connectivity index (χ0n) is 9.75. The largest absolute Gasteiger partial charge is 0.392 e. The standard InChI is InChI=1S/C12H12N4OS/c1-7(11(13)18)16-12(17)8-2-3-9-10(6-8)15-5-4-14-9/h2-7H,1H3,(H2,13,18)(H,16,17). The van der Waals surface area contributed by atoms with Crippen molar-refractivity contribution in [2.45, 2.75) is 13.0 Å². The first-order valence-electron chi connectivity index (χ1n) is 5.39. The fourth-order valence-electron chi connectivity index (χ4n) is 1.46. The van der Waals surface area contributed by atoms with E-state index in [1.807, 2.05) is 0 Å². The van der Waals surface area contributed by atoms with Gasteiger partial charge in [-0.1, -0.05) is 12.2 Å². The lowest BCUT2D eigenvalue weighted by atomic mass is 10.1. The molecule has 1 heterocycles. The predicted molar refractivity (Wildman–Crippen MR) is 73.3 cm³/mol. The number of benzene rings is 1. The Labute approximate surface area is 109 Å². The van der Waals surface area contributed by atoms with Crippen LogP contribution in [0.5, 0.6) is 0 Å². The van der Waals surface area contributed by atoms with Crippen molar-refractivity contribution in [1.29, 1.82) is 0 Å². The number of amides is 1. The summed E-state index contributed by atoms with van der Waals surface area (Å²) >= 11 is 4.80. The number of carbonyl (C=O) groups excluding carboxylic acids is 1. The van der Waals surface area contributed by atoms with Crippen LogP contribution in [0.4, 0.5) is 0 Å². The zero-order valence-corrected chi connectivity index (χ0v) is 10.6. The van der Waals surface area contributed by atoms with Crippen LogP contribution in [0.1, 0.15) is 17.3 Å². The molecule has 92 valence electrons. The minimum atomic E-state index is -0.343. The Balaban J connectivity index is 2.25. The average Bonchev–Trinajstić information content (AvgIpc) is 2.37. The predicted octanol–water partition coefficient (Wildman–Crippen LogP) is 1.03. The fourth-order valence-corrected chi connectivity index (χ4v) is 1.51. The van der Waals surface area contributed by atoms with E-state index in [-0.39, 0.29) is 16.9 Å². The van der Waals surface area contributed by atoms with Crippen molar-refractivity contribution < 1.29 is 4.79 Å². The highest BCUT2D eigenvalue weighted by molar-refractivity contribution is 7.80. The lowest BCUT2D eigenvalue weighted by molar-refractivity contribution is 0.0949. The van der Waals surface area contributed by atoms with Gasteiger partial charge in [0.2, 0.25) is 0 Å². The van der Waals surface area contributed by atoms with Crippen LogP contribution < -0.4 is 11.1 Å². The summed E-state index contributed by atoms with van der Waals surface area (Å²) in [7, 11) is 0. The number of rotatable bonds is 3. The van der Waals surface area contributed by atoms with Gasteiger partial charge in [-0.3, -0.25) is 14.8 Å². The highest BCUT2D eigenvalue weighted by Crippen LogP contribution is 2.10. The molecule has 2 rings (SSSR count). The number of thiocarbonyl (C=S) groups is 1. The molecule has 0 aliphatic rings. The Kier molecular flexibility index (Phi) is 3.47. The highest BCUT2D eigenvalue weighted by atomic mass is 32.1. The maximum absolute atomic E-state index is 11.9. The quantitative estimate of drug-likeness (QED) is 0.806. The van der Waals surface area contributed by atoms with Gasteiger partial charge in [-0.25, -0.2) is 0 Å². The second-order valence-electron chi connectivity index (χ2n) is 3.86. The van der Waals surface area contributed by atoms with Gasteiger partial charge < -0.3 is 11.1 Å². The number of hydrogen-bond donors (Lipinski definition) is 2. The molecule has 1 amide bonds. The molecule has 1 atom stereocenters. The van der Waals surface area contributed by atoms with Gasteiger partial charge in [-0.05, 0) is 25.1 Å². The Morgan fingerprint density at radius 2 is 2.00 bits per heavy atom. The molecule has 1 aromatic carbocycles. The van der Waals surface area contributed by atoms with E-state index in [0.717, 1.165) is 5.52 Å². The zero-order chi connectivity index (χ0) is 13.1. The van der Waals surface area contributed by atoms with E-state index in [9.17, 15) is 4.79 Å². The maximum Gasteiger partial charge on any atom is 0.251 e. The van der Waals surface area contributed by atoms with Crippen LogP contribution >= 0.6 is 12.2 Å². The molecular formula is C12H12N4OS. The van der Waals surface area contributed by atoms with Crippen LogP contribution in [0.2, 0.25) is 0 Å². The third kappa shape index (κ3) is 2.60. The van der Waals surface area contributed by atoms with Crippen LogP contribution in [-0.2, 0) is 0 Å². The summed E-state index contributed by atoms with van der Waals surface area (Å²) in [4.78, 5) is 20.5. The molecule has 2 aromatic rings. The van der Waals surface area contributed by atoms with Crippen LogP contribution in [0.3, 0.4) is 0 Å². The Morgan fingerprint density at radius 1 is 1.33 bits per heavy atom. The van der Waals surface area contributed by atoms with Gasteiger partial charge in [0.05, 0.1) is 22.1 Å². The first kappa shape index (κ1) is 12.4. The lowest BCUT2D eigenvalue weighted by Gasteiger charge is -2.12. The summed E-state index contributed by atoms with van der Waals surface area (Å²) in [6.45, 7) is 1.74. The van der Waals surface area contributed by atoms with Gasteiger partial charge in [0.25, 0.3) is 5.91 Å². The molecule has 0 saturated heterocycles. The minimum Gasteiger partial charge on any atom is -0.392 e. The summed E-state index contributed by atoms with van der Waals surface area (Å²) in [6, 6.07) is 4.79. The first-order valence-corrected chi connectivity index (χ1v) is 5.79. The molecule has 1 aromatic heterocycles. The molecule has 0 aliphatic heterocycles. The van der Waals surface area contributed by atoms with Crippen LogP contribution in [0.25, 0.3) is 11.0 Å². The minimum absolute atomic E-state index is 0.233. The van der Waals surface area contributed by atoms with Crippen molar-refractivity contribution in [3.05, 3.63) is 36.2 Å². The molecule has 5 nitrogen and oxygen atoms in total. The van der Waals surface area contributed by atoms with E-state index in [1.54, 1.807) is 37.5 Å². The summed E-state index contributed by atoms with van der Waals surface area (Å²) in [6.07, 6.45) is 3.19. The Morgan fingerprint density at radius 3 is 2.67 bits per heavy atom. The lowest BCUT2D eigenvalue weighted by Crippen LogP contribution is -2.41. The van der Waals surface area contributed by atoms with Gasteiger partial charge in [-0.15, -0.1) is 0 Å². The normalized spacial score (nSPS) is 12.1. The third-order valence-corrected chi connectivity index (χ3v) is 2.86. The summed E-state index contributed by atoms with van der Waals surface area (Å²) < 4.78 is 0. The van der Waals surface area contributed by atoms with Gasteiger partial charge in [0.1, 0.15) is 0 Å². The average molecular weight is 260 g/mol. The molecule has 0 fully saturated rings. The van der Waals surface area contributed by atoms with Crippen LogP contribution in [-0.4, -0.2) is 26.9 Å². The molecule has 6 heteroatoms. The van der Waals surface area contributed by atoms with Gasteiger partial charge >= 0.3 is 0 Å². The second kappa shape index (κ2) is 5.05. The molecule has 1 unspecified atom stereocenters. The van der Waals surface area contributed by atoms with Crippen molar-refractivity contribution in [3.8, 4) is 0 Å². The topological polar surface area (TPSA) is 80.9 Å². The van der Waals surface area contributed by atoms with Crippen molar-refractivity contribution in [2.24, 2.45) is 5.73 Å². The number of carbonyl (C=O) groups is 1. The smallest absolute Gasteiger partial charge is 0.251 e. The van der Waals surface area contributed by atoms with E-state index in [0.29, 0.717) is 11.1 Å². The molecule has 0 spiro atoms. The molecule has 18 heavy (non-hydrogen) atoms. The van der Waals surface area contributed by atoms with Crippen molar-refractivity contribution in [1.82, 2.24) is 15.3 Å². The molecule has 0 saturated carbocycles. The number of nitrogens with one attached hydrogen (secondary N) is 1. The molecule has 0 radical (unpaired) electrons. The third-order valence-electron chi connectivity index (χ3n) is 2.51. The summed E-state index contributed by atoms with van der Waals surface area (Å²) in [5.41, 5.74) is 7.37. The van der Waals surface area contributed by atoms with Crippen LogP contribution in [0, 0.1) is 0 Å². The Hall–Kier alpha value is -2.08. The van der Waals surface area contributed by atoms with E-state index < -0.39 is 0 Å². The molecule has 0 bridgehead atoms. The van der Waals surface area contributed by atoms with Crippen molar-refractivity contribution in [2.75, 3.05) is 0 Å². The van der Waals surface area contributed by atoms with E-state index in [2.05, 4.69) is 15.3 Å². The summed E-state index contributed by atoms with van der Waals surface area (Å²) in [5, 5.41) is 2.71. The Bertz CT molecular complexity index is 614.